The van der Waals surface area contributed by atoms with E-state index in [1.165, 1.54) is 38.6 Å². The summed E-state index contributed by atoms with van der Waals surface area (Å²) in [6.07, 6.45) is 0. The normalized spacial score (nSPS) is 16.9. The van der Waals surface area contributed by atoms with Crippen LogP contribution in [0.15, 0.2) is 91.0 Å². The fraction of sp³-hybridized carbons (Fsp3) is 0.167. The van der Waals surface area contributed by atoms with Crippen LogP contribution in [0, 0.1) is 0 Å². The Labute approximate surface area is 240 Å². The zero-order valence-corrected chi connectivity index (χ0v) is 23.6. The summed E-state index contributed by atoms with van der Waals surface area (Å²) < 4.78 is 13.2. The highest BCUT2D eigenvalue weighted by molar-refractivity contribution is 7.00. The fourth-order valence-corrected chi connectivity index (χ4v) is 7.56. The summed E-state index contributed by atoms with van der Waals surface area (Å²) in [6.45, 7) is 9.20. The van der Waals surface area contributed by atoms with Crippen molar-refractivity contribution in [2.75, 3.05) is 10.6 Å². The molecule has 198 valence electrons. The third-order valence-electron chi connectivity index (χ3n) is 9.77. The first-order valence-electron chi connectivity index (χ1n) is 14.4. The molecule has 4 aliphatic heterocycles. The van der Waals surface area contributed by atoms with E-state index in [2.05, 4.69) is 117 Å². The SMILES string of the molecule is CC1(C)c2ccccc2Oc2cc3c(cc21)Nc1cccc2c1B3c1cc3c(cc1N2)C(C)(C)c1ccccc1O3. The predicted molar refractivity (Wildman–Crippen MR) is 168 cm³/mol. The molecule has 0 fully saturated rings. The number of para-hydroxylation sites is 2. The lowest BCUT2D eigenvalue weighted by Crippen LogP contribution is -2.59. The number of nitrogens with one attached hydrogen (secondary N) is 2. The highest BCUT2D eigenvalue weighted by atomic mass is 16.5. The van der Waals surface area contributed by atoms with Crippen LogP contribution in [0.5, 0.6) is 23.0 Å². The number of rotatable bonds is 0. The Hall–Kier alpha value is -4.64. The van der Waals surface area contributed by atoms with Crippen LogP contribution >= 0.6 is 0 Å². The smallest absolute Gasteiger partial charge is 0.252 e. The second-order valence-electron chi connectivity index (χ2n) is 12.8. The lowest BCUT2D eigenvalue weighted by atomic mass is 9.33. The summed E-state index contributed by atoms with van der Waals surface area (Å²) in [6, 6.07) is 32.5. The summed E-state index contributed by atoms with van der Waals surface area (Å²) in [5.74, 6) is 3.73. The molecule has 4 heterocycles. The van der Waals surface area contributed by atoms with Gasteiger partial charge in [-0.1, -0.05) is 70.2 Å². The van der Waals surface area contributed by atoms with E-state index in [0.717, 1.165) is 45.7 Å². The first-order valence-corrected chi connectivity index (χ1v) is 14.4. The molecule has 9 rings (SSSR count). The molecule has 0 aliphatic carbocycles. The van der Waals surface area contributed by atoms with E-state index >= 15 is 0 Å². The summed E-state index contributed by atoms with van der Waals surface area (Å²) in [4.78, 5) is 0. The van der Waals surface area contributed by atoms with Gasteiger partial charge in [-0.15, -0.1) is 0 Å². The molecule has 5 aromatic carbocycles. The van der Waals surface area contributed by atoms with Crippen LogP contribution in [-0.2, 0) is 10.8 Å². The lowest BCUT2D eigenvalue weighted by molar-refractivity contribution is 0.418. The Morgan fingerprint density at radius 1 is 0.488 bits per heavy atom. The molecule has 5 aromatic rings. The molecule has 0 aromatic heterocycles. The molecule has 0 unspecified atom stereocenters. The van der Waals surface area contributed by atoms with Crippen molar-refractivity contribution in [3.05, 3.63) is 113 Å². The van der Waals surface area contributed by atoms with E-state index in [9.17, 15) is 0 Å². The van der Waals surface area contributed by atoms with Crippen LogP contribution < -0.4 is 36.5 Å². The third-order valence-corrected chi connectivity index (χ3v) is 9.77. The number of fused-ring (bicyclic) bond motifs is 8. The number of hydrogen-bond donors (Lipinski definition) is 2. The van der Waals surface area contributed by atoms with E-state index in [-0.39, 0.29) is 17.5 Å². The van der Waals surface area contributed by atoms with Crippen molar-refractivity contribution in [1.29, 1.82) is 0 Å². The number of benzene rings is 5. The largest absolute Gasteiger partial charge is 0.457 e. The van der Waals surface area contributed by atoms with Crippen molar-refractivity contribution in [2.24, 2.45) is 0 Å². The number of ether oxygens (including phenoxy) is 2. The second-order valence-corrected chi connectivity index (χ2v) is 12.8. The average molecular weight is 532 g/mol. The summed E-state index contributed by atoms with van der Waals surface area (Å²) in [5, 5.41) is 7.57. The van der Waals surface area contributed by atoms with Gasteiger partial charge in [0.2, 0.25) is 0 Å². The van der Waals surface area contributed by atoms with Gasteiger partial charge in [0.25, 0.3) is 6.71 Å². The van der Waals surface area contributed by atoms with Crippen molar-refractivity contribution in [3.8, 4) is 23.0 Å². The van der Waals surface area contributed by atoms with Gasteiger partial charge in [-0.05, 0) is 64.9 Å². The average Bonchev–Trinajstić information content (AvgIpc) is 2.96. The second kappa shape index (κ2) is 7.55. The molecule has 0 saturated carbocycles. The quantitative estimate of drug-likeness (QED) is 0.203. The third kappa shape index (κ3) is 2.96. The van der Waals surface area contributed by atoms with E-state index in [1.54, 1.807) is 0 Å². The molecule has 0 spiro atoms. The van der Waals surface area contributed by atoms with Crippen molar-refractivity contribution in [3.63, 3.8) is 0 Å². The van der Waals surface area contributed by atoms with Crippen molar-refractivity contribution >= 4 is 45.9 Å². The molecule has 2 N–H and O–H groups in total. The summed E-state index contributed by atoms with van der Waals surface area (Å²) >= 11 is 0. The minimum Gasteiger partial charge on any atom is -0.457 e. The van der Waals surface area contributed by atoms with Crippen molar-refractivity contribution in [1.82, 2.24) is 0 Å². The van der Waals surface area contributed by atoms with Crippen LogP contribution in [0.4, 0.5) is 22.7 Å². The number of anilines is 4. The minimum absolute atomic E-state index is 0.0389. The first kappa shape index (κ1) is 23.1. The van der Waals surface area contributed by atoms with Gasteiger partial charge >= 0.3 is 0 Å². The van der Waals surface area contributed by atoms with Crippen LogP contribution in [0.25, 0.3) is 0 Å². The number of hydrogen-bond acceptors (Lipinski definition) is 4. The maximum atomic E-state index is 6.58. The Morgan fingerprint density at radius 3 is 1.44 bits per heavy atom. The Bertz CT molecular complexity index is 1840. The van der Waals surface area contributed by atoms with Crippen LogP contribution in [-0.4, -0.2) is 6.71 Å². The maximum absolute atomic E-state index is 6.58. The summed E-state index contributed by atoms with van der Waals surface area (Å²) in [7, 11) is 0. The van der Waals surface area contributed by atoms with E-state index < -0.39 is 0 Å². The van der Waals surface area contributed by atoms with Crippen molar-refractivity contribution in [2.45, 2.75) is 38.5 Å². The Kier molecular flexibility index (Phi) is 4.26. The minimum atomic E-state index is -0.180. The zero-order valence-electron chi connectivity index (χ0n) is 23.6. The van der Waals surface area contributed by atoms with E-state index in [4.69, 9.17) is 9.47 Å². The van der Waals surface area contributed by atoms with Crippen LogP contribution in [0.1, 0.15) is 49.9 Å². The molecular formula is C36H29BN2O2. The maximum Gasteiger partial charge on any atom is 0.252 e. The molecule has 0 bridgehead atoms. The van der Waals surface area contributed by atoms with E-state index in [0.29, 0.717) is 0 Å². The monoisotopic (exact) mass is 532 g/mol. The molecule has 0 saturated heterocycles. The molecule has 4 aliphatic rings. The van der Waals surface area contributed by atoms with Gasteiger partial charge in [-0.3, -0.25) is 0 Å². The molecule has 41 heavy (non-hydrogen) atoms. The Morgan fingerprint density at radius 2 is 0.951 bits per heavy atom. The van der Waals surface area contributed by atoms with Gasteiger partial charge in [-0.2, -0.15) is 0 Å². The predicted octanol–water partition coefficient (Wildman–Crippen LogP) is 7.18. The van der Waals surface area contributed by atoms with Gasteiger partial charge in [0, 0.05) is 55.8 Å². The molecule has 5 heteroatoms. The van der Waals surface area contributed by atoms with Gasteiger partial charge in [0.05, 0.1) is 0 Å². The van der Waals surface area contributed by atoms with Crippen LogP contribution in [0.3, 0.4) is 0 Å². The molecule has 0 atom stereocenters. The molecule has 0 radical (unpaired) electrons. The van der Waals surface area contributed by atoms with Gasteiger partial charge in [-0.25, -0.2) is 0 Å². The summed E-state index contributed by atoms with van der Waals surface area (Å²) in [5.41, 5.74) is 12.7. The first-order chi connectivity index (χ1) is 19.8. The zero-order chi connectivity index (χ0) is 27.7. The highest BCUT2D eigenvalue weighted by Gasteiger charge is 2.43. The lowest BCUT2D eigenvalue weighted by Gasteiger charge is -2.40. The highest BCUT2D eigenvalue weighted by Crippen LogP contribution is 2.50. The van der Waals surface area contributed by atoms with Crippen molar-refractivity contribution < 1.29 is 9.47 Å². The topological polar surface area (TPSA) is 42.5 Å². The van der Waals surface area contributed by atoms with Crippen LogP contribution in [0.2, 0.25) is 0 Å². The standard InChI is InChI=1S/C36H29BN2O2/c1-35(2)20-10-5-7-14-30(20)40-32-18-24-28(16-22(32)35)38-26-12-9-13-27-34(26)37(24)25-19-33-23(17-29(25)39-27)36(3,4)21-11-6-8-15-31(21)41-33/h5-19,38-39H,1-4H3. The van der Waals surface area contributed by atoms with Gasteiger partial charge < -0.3 is 20.1 Å². The molecule has 4 nitrogen and oxygen atoms in total. The van der Waals surface area contributed by atoms with Gasteiger partial charge in [0.15, 0.2) is 0 Å². The molecular weight excluding hydrogens is 503 g/mol. The van der Waals surface area contributed by atoms with E-state index in [1.807, 2.05) is 12.1 Å². The Balaban J connectivity index is 1.27. The molecule has 0 amide bonds. The fourth-order valence-electron chi connectivity index (χ4n) is 7.56. The van der Waals surface area contributed by atoms with Gasteiger partial charge in [0.1, 0.15) is 23.0 Å².